The number of ether oxygens (including phenoxy) is 1. The van der Waals surface area contributed by atoms with Gasteiger partial charge in [0.2, 0.25) is 5.91 Å². The van der Waals surface area contributed by atoms with E-state index in [0.717, 1.165) is 4.90 Å². The predicted octanol–water partition coefficient (Wildman–Crippen LogP) is 2.71. The van der Waals surface area contributed by atoms with Gasteiger partial charge >= 0.3 is 5.97 Å². The van der Waals surface area contributed by atoms with Crippen LogP contribution >= 0.6 is 0 Å². The molecule has 0 N–H and O–H groups in total. The molecule has 2 fully saturated rings. The number of hydroxylamine groups is 1. The van der Waals surface area contributed by atoms with Gasteiger partial charge in [-0.25, -0.2) is 14.8 Å². The van der Waals surface area contributed by atoms with Crippen molar-refractivity contribution >= 4 is 29.2 Å². The van der Waals surface area contributed by atoms with Crippen molar-refractivity contribution in [1.82, 2.24) is 0 Å². The molecule has 7 nitrogen and oxygen atoms in total. The monoisotopic (exact) mass is 394 g/mol. The molecule has 0 spiro atoms. The zero-order chi connectivity index (χ0) is 20.8. The number of amides is 2. The number of esters is 1. The van der Waals surface area contributed by atoms with Crippen LogP contribution in [0.15, 0.2) is 60.7 Å². The third-order valence-electron chi connectivity index (χ3n) is 4.79. The van der Waals surface area contributed by atoms with Crippen LogP contribution in [0.3, 0.4) is 0 Å². The Labute approximate surface area is 168 Å². The van der Waals surface area contributed by atoms with Crippen molar-refractivity contribution in [2.45, 2.75) is 38.5 Å². The molecule has 2 amide bonds. The molecule has 29 heavy (non-hydrogen) atoms. The number of benzene rings is 2. The second kappa shape index (κ2) is 7.00. The molecule has 0 saturated carbocycles. The highest BCUT2D eigenvalue weighted by molar-refractivity contribution is 6.24. The minimum Gasteiger partial charge on any atom is -0.458 e. The fraction of sp³-hybridized carbons (Fsp3) is 0.318. The summed E-state index contributed by atoms with van der Waals surface area (Å²) >= 11 is 0. The van der Waals surface area contributed by atoms with Crippen LogP contribution in [0.25, 0.3) is 0 Å². The van der Waals surface area contributed by atoms with E-state index >= 15 is 0 Å². The van der Waals surface area contributed by atoms with Gasteiger partial charge in [-0.05, 0) is 45.0 Å². The SMILES string of the molecule is CC(C)(C)OC(=O)[C@H]1[C@@H]2C(=O)N(c3ccccc3)C(=O)[C@@H]2ON1c1ccccc1. The van der Waals surface area contributed by atoms with E-state index in [-0.39, 0.29) is 0 Å². The van der Waals surface area contributed by atoms with E-state index in [2.05, 4.69) is 0 Å². The average Bonchev–Trinajstić information content (AvgIpc) is 3.18. The maximum atomic E-state index is 13.2. The molecule has 2 aliphatic rings. The van der Waals surface area contributed by atoms with Gasteiger partial charge in [0.05, 0.1) is 11.4 Å². The normalized spacial score (nSPS) is 24.0. The van der Waals surface area contributed by atoms with Crippen LogP contribution in [-0.2, 0) is 24.0 Å². The first-order chi connectivity index (χ1) is 13.8. The Hall–Kier alpha value is -3.19. The van der Waals surface area contributed by atoms with Crippen molar-refractivity contribution in [3.63, 3.8) is 0 Å². The van der Waals surface area contributed by atoms with E-state index < -0.39 is 41.4 Å². The lowest BCUT2D eigenvalue weighted by Crippen LogP contribution is -2.47. The molecule has 0 aliphatic carbocycles. The molecule has 2 aliphatic heterocycles. The maximum Gasteiger partial charge on any atom is 0.332 e. The third-order valence-corrected chi connectivity index (χ3v) is 4.79. The highest BCUT2D eigenvalue weighted by Crippen LogP contribution is 2.41. The molecule has 0 aromatic heterocycles. The highest BCUT2D eigenvalue weighted by atomic mass is 16.7. The third kappa shape index (κ3) is 3.38. The van der Waals surface area contributed by atoms with Gasteiger partial charge in [-0.3, -0.25) is 14.4 Å². The summed E-state index contributed by atoms with van der Waals surface area (Å²) in [6.45, 7) is 5.26. The smallest absolute Gasteiger partial charge is 0.332 e. The van der Waals surface area contributed by atoms with E-state index in [1.54, 1.807) is 75.4 Å². The molecule has 2 heterocycles. The first-order valence-corrected chi connectivity index (χ1v) is 9.45. The molecule has 2 aromatic carbocycles. The Morgan fingerprint density at radius 1 is 0.897 bits per heavy atom. The minimum atomic E-state index is -1.08. The highest BCUT2D eigenvalue weighted by Gasteiger charge is 2.62. The molecule has 150 valence electrons. The number of para-hydroxylation sites is 2. The number of hydrogen-bond acceptors (Lipinski definition) is 6. The molecule has 2 aromatic rings. The van der Waals surface area contributed by atoms with Crippen molar-refractivity contribution in [3.05, 3.63) is 60.7 Å². The Morgan fingerprint density at radius 3 is 2.00 bits per heavy atom. The maximum absolute atomic E-state index is 13.2. The molecule has 0 unspecified atom stereocenters. The molecular formula is C22H22N2O5. The number of carbonyl (C=O) groups excluding carboxylic acids is 3. The lowest BCUT2D eigenvalue weighted by molar-refractivity contribution is -0.158. The Morgan fingerprint density at radius 2 is 1.45 bits per heavy atom. The first-order valence-electron chi connectivity index (χ1n) is 9.45. The van der Waals surface area contributed by atoms with Crippen LogP contribution < -0.4 is 9.96 Å². The van der Waals surface area contributed by atoms with Gasteiger partial charge in [0.25, 0.3) is 5.91 Å². The summed E-state index contributed by atoms with van der Waals surface area (Å²) < 4.78 is 5.56. The first kappa shape index (κ1) is 19.1. The molecule has 2 saturated heterocycles. The topological polar surface area (TPSA) is 76.2 Å². The standard InChI is InChI=1S/C22H22N2O5/c1-22(2,3)28-21(27)17-16-18(29-24(17)15-12-8-5-9-13-15)20(26)23(19(16)25)14-10-6-4-7-11-14/h4-13,16-18H,1-3H3/t16-,17+,18+/m0/s1. The number of fused-ring (bicyclic) bond motifs is 1. The van der Waals surface area contributed by atoms with Crippen LogP contribution in [0.2, 0.25) is 0 Å². The second-order valence-electron chi connectivity index (χ2n) is 8.04. The van der Waals surface area contributed by atoms with Gasteiger partial charge in [-0.2, -0.15) is 0 Å². The molecule has 4 rings (SSSR count). The number of nitrogens with zero attached hydrogens (tertiary/aromatic N) is 2. The van der Waals surface area contributed by atoms with Crippen LogP contribution in [0.5, 0.6) is 0 Å². The van der Waals surface area contributed by atoms with Crippen molar-refractivity contribution in [3.8, 4) is 0 Å². The zero-order valence-corrected chi connectivity index (χ0v) is 16.4. The van der Waals surface area contributed by atoms with Gasteiger partial charge in [0.15, 0.2) is 12.1 Å². The van der Waals surface area contributed by atoms with E-state index in [0.29, 0.717) is 11.4 Å². The largest absolute Gasteiger partial charge is 0.458 e. The summed E-state index contributed by atoms with van der Waals surface area (Å²) in [5, 5.41) is 1.33. The van der Waals surface area contributed by atoms with Crippen molar-refractivity contribution < 1.29 is 24.0 Å². The number of anilines is 2. The fourth-order valence-electron chi connectivity index (χ4n) is 3.65. The van der Waals surface area contributed by atoms with Crippen molar-refractivity contribution in [2.75, 3.05) is 9.96 Å². The quantitative estimate of drug-likeness (QED) is 0.589. The lowest BCUT2D eigenvalue weighted by atomic mass is 9.96. The van der Waals surface area contributed by atoms with Crippen LogP contribution in [0.4, 0.5) is 11.4 Å². The minimum absolute atomic E-state index is 0.453. The predicted molar refractivity (Wildman–Crippen MR) is 106 cm³/mol. The van der Waals surface area contributed by atoms with E-state index in [9.17, 15) is 14.4 Å². The number of imide groups is 1. The van der Waals surface area contributed by atoms with Crippen LogP contribution in [-0.4, -0.2) is 35.5 Å². The van der Waals surface area contributed by atoms with Crippen molar-refractivity contribution in [2.24, 2.45) is 5.92 Å². The average molecular weight is 394 g/mol. The second-order valence-corrected chi connectivity index (χ2v) is 8.04. The summed E-state index contributed by atoms with van der Waals surface area (Å²) in [6, 6.07) is 16.5. The van der Waals surface area contributed by atoms with Gasteiger partial charge in [-0.15, -0.1) is 0 Å². The van der Waals surface area contributed by atoms with Gasteiger partial charge in [-0.1, -0.05) is 36.4 Å². The van der Waals surface area contributed by atoms with E-state index in [4.69, 9.17) is 9.57 Å². The Kier molecular flexibility index (Phi) is 4.62. The molecular weight excluding hydrogens is 372 g/mol. The number of hydrogen-bond donors (Lipinski definition) is 0. The summed E-state index contributed by atoms with van der Waals surface area (Å²) in [5.41, 5.74) is 0.279. The van der Waals surface area contributed by atoms with Crippen LogP contribution in [0.1, 0.15) is 20.8 Å². The Balaban J connectivity index is 1.73. The molecule has 0 radical (unpaired) electrons. The lowest BCUT2D eigenvalue weighted by Gasteiger charge is -2.29. The Bertz CT molecular complexity index is 939. The molecule has 7 heteroatoms. The zero-order valence-electron chi connectivity index (χ0n) is 16.4. The van der Waals surface area contributed by atoms with Gasteiger partial charge in [0.1, 0.15) is 11.5 Å². The summed E-state index contributed by atoms with van der Waals surface area (Å²) in [4.78, 5) is 46.3. The molecule has 3 atom stereocenters. The van der Waals surface area contributed by atoms with Crippen LogP contribution in [0, 0.1) is 5.92 Å². The van der Waals surface area contributed by atoms with Gasteiger partial charge < -0.3 is 4.74 Å². The number of carbonyl (C=O) groups is 3. The van der Waals surface area contributed by atoms with Crippen molar-refractivity contribution in [1.29, 1.82) is 0 Å². The van der Waals surface area contributed by atoms with E-state index in [1.807, 2.05) is 6.07 Å². The van der Waals surface area contributed by atoms with E-state index in [1.165, 1.54) is 5.06 Å². The summed E-state index contributed by atoms with van der Waals surface area (Å²) in [6.07, 6.45) is -1.08. The fourth-order valence-corrected chi connectivity index (χ4v) is 3.65. The molecule has 0 bridgehead atoms. The number of rotatable bonds is 3. The van der Waals surface area contributed by atoms with Gasteiger partial charge in [0, 0.05) is 0 Å². The summed E-state index contributed by atoms with van der Waals surface area (Å²) in [5.74, 6) is -2.55. The summed E-state index contributed by atoms with van der Waals surface area (Å²) in [7, 11) is 0.